The lowest BCUT2D eigenvalue weighted by Gasteiger charge is -2.46. The Balaban J connectivity index is 0.852. The molecule has 0 fully saturated rings. The molecule has 0 radical (unpaired) electrons. The third kappa shape index (κ3) is 14.8. The van der Waals surface area contributed by atoms with Crippen molar-refractivity contribution >= 4 is 144 Å². The summed E-state index contributed by atoms with van der Waals surface area (Å²) in [6.07, 6.45) is 0. The van der Waals surface area contributed by atoms with Crippen LogP contribution >= 0.6 is 0 Å². The molecule has 23 aromatic rings. The van der Waals surface area contributed by atoms with Gasteiger partial charge >= 0.3 is 0 Å². The van der Waals surface area contributed by atoms with Gasteiger partial charge in [0.2, 0.25) is 0 Å². The van der Waals surface area contributed by atoms with E-state index < -0.39 is 5.41 Å². The van der Waals surface area contributed by atoms with Gasteiger partial charge in [-0.3, -0.25) is 0 Å². The number of rotatable bonds is 12. The molecule has 2 aromatic heterocycles. The Morgan fingerprint density at radius 1 is 0.182 bits per heavy atom. The van der Waals surface area contributed by atoms with Gasteiger partial charge in [-0.05, 0) is 266 Å². The maximum absolute atomic E-state index is 2.78. The minimum Gasteiger partial charge on any atom is -0.310 e. The van der Waals surface area contributed by atoms with E-state index in [0.717, 1.165) is 123 Å². The van der Waals surface area contributed by atoms with Crippen LogP contribution in [0.3, 0.4) is 0 Å². The first-order chi connectivity index (χ1) is 69.1. The minimum absolute atomic E-state index is 0.118. The molecule has 21 aromatic carbocycles. The number of aromatic nitrogens is 2. The van der Waals surface area contributed by atoms with Crippen molar-refractivity contribution in [3.05, 3.63) is 452 Å². The molecule has 4 nitrogen and oxygen atoms in total. The first kappa shape index (κ1) is 88.4. The van der Waals surface area contributed by atoms with Crippen molar-refractivity contribution in [2.45, 2.75) is 131 Å². The highest BCUT2D eigenvalue weighted by atomic mass is 15.2. The summed E-state index contributed by atoms with van der Waals surface area (Å²) >= 11 is 0. The molecule has 143 heavy (non-hydrogen) atoms. The van der Waals surface area contributed by atoms with Gasteiger partial charge < -0.3 is 18.9 Å². The first-order valence-corrected chi connectivity index (χ1v) is 51.0. The lowest BCUT2D eigenvalue weighted by Crippen LogP contribution is -2.61. The Morgan fingerprint density at radius 3 is 0.797 bits per heavy atom. The van der Waals surface area contributed by atoms with Gasteiger partial charge in [-0.2, -0.15) is 0 Å². The molecular weight excluding hydrogens is 1720 g/mol. The summed E-state index contributed by atoms with van der Waals surface area (Å²) in [5.41, 5.74) is 40.8. The number of hydrogen-bond acceptors (Lipinski definition) is 2. The summed E-state index contributed by atoms with van der Waals surface area (Å²) < 4.78 is 5.24. The largest absolute Gasteiger partial charge is 0.310 e. The van der Waals surface area contributed by atoms with Gasteiger partial charge in [0.1, 0.15) is 0 Å². The van der Waals surface area contributed by atoms with E-state index in [9.17, 15) is 0 Å². The lowest BCUT2D eigenvalue weighted by molar-refractivity contribution is 0.568. The van der Waals surface area contributed by atoms with Crippen molar-refractivity contribution in [2.75, 3.05) is 9.80 Å². The molecule has 0 N–H and O–H groups in total. The van der Waals surface area contributed by atoms with Gasteiger partial charge in [0, 0.05) is 77.9 Å². The van der Waals surface area contributed by atoms with Gasteiger partial charge in [0.05, 0.1) is 33.4 Å². The number of hydrogen-bond donors (Lipinski definition) is 0. The Hall–Kier alpha value is -16.1. The van der Waals surface area contributed by atoms with E-state index in [-0.39, 0.29) is 28.4 Å². The van der Waals surface area contributed by atoms with Crippen molar-refractivity contribution in [3.8, 4) is 100 Å². The number of anilines is 6. The highest BCUT2D eigenvalue weighted by molar-refractivity contribution is 7.00. The maximum Gasteiger partial charge on any atom is 0.252 e. The van der Waals surface area contributed by atoms with Gasteiger partial charge in [-0.15, -0.1) is 0 Å². The second kappa shape index (κ2) is 33.3. The minimum atomic E-state index is -0.443. The van der Waals surface area contributed by atoms with Crippen LogP contribution in [0.5, 0.6) is 0 Å². The van der Waals surface area contributed by atoms with E-state index in [1.807, 2.05) is 0 Å². The average molecular weight is 1840 g/mol. The van der Waals surface area contributed by atoms with Crippen molar-refractivity contribution in [1.29, 1.82) is 0 Å². The van der Waals surface area contributed by atoms with Gasteiger partial charge in [0.15, 0.2) is 0 Å². The molecule has 0 aliphatic carbocycles. The van der Waals surface area contributed by atoms with Crippen molar-refractivity contribution in [2.24, 2.45) is 0 Å². The lowest BCUT2D eigenvalue weighted by atomic mass is 9.33. The molecular formula is C138H115BN4. The molecule has 2 aliphatic rings. The molecule has 4 heterocycles. The quantitative estimate of drug-likeness (QED) is 0.113. The fraction of sp³-hybridized carbons (Fsp3) is 0.145. The standard InChI is InChI=1S/C138H115BN4/c1-134(2,3)96-70-92(71-97(78-96)135(4,5)6)113-84-125-129(109-58-34-32-56-107(109)113)111-60-36-38-64-121(111)140(125)101-66-68-119-123(82-101)142(132-115(88-42-20-16-21-43-88)74-94(75-116(132)89-44-22-17-23-45-89)105-62-40-52-86-50-28-30-54-103(86)105)127-80-100(138(13,14)15)81-128-131(127)139(119)120-69-67-102(141-122-65-39-37-61-112(122)130-110-59-35-33-57-108(110)114(85-126(130)141)93-72-98(136(7,8)9)79-99(73-93)137(10,11)12)83-124(120)143(128)133-117(90-46-24-18-25-47-90)76-95(77-118(133)91-48-26-19-27-49-91)106-63-41-53-87-51-29-31-55-104(87)106/h16-85H,1-15H3. The van der Waals surface area contributed by atoms with Crippen molar-refractivity contribution in [3.63, 3.8) is 0 Å². The molecule has 2 aliphatic heterocycles. The molecule has 0 bridgehead atoms. The fourth-order valence-electron chi connectivity index (χ4n) is 23.5. The fourth-order valence-corrected chi connectivity index (χ4v) is 23.5. The predicted molar refractivity (Wildman–Crippen MR) is 616 cm³/mol. The molecule has 0 spiro atoms. The van der Waals surface area contributed by atoms with E-state index in [4.69, 9.17) is 0 Å². The zero-order valence-corrected chi connectivity index (χ0v) is 84.3. The molecule has 5 heteroatoms. The molecule has 0 amide bonds. The second-order valence-corrected chi connectivity index (χ2v) is 45.2. The number of benzene rings is 21. The van der Waals surface area contributed by atoms with E-state index in [1.54, 1.807) is 0 Å². The topological polar surface area (TPSA) is 16.3 Å². The molecule has 25 rings (SSSR count). The number of fused-ring (bicyclic) bond motifs is 16. The Bertz CT molecular complexity index is 8440. The van der Waals surface area contributed by atoms with Crippen LogP contribution in [0.1, 0.15) is 132 Å². The van der Waals surface area contributed by atoms with Crippen LogP contribution in [0.4, 0.5) is 34.1 Å². The first-order valence-electron chi connectivity index (χ1n) is 51.0. The average Bonchev–Trinajstić information content (AvgIpc) is 1.39. The Labute approximate surface area is 840 Å². The Morgan fingerprint density at radius 2 is 0.462 bits per heavy atom. The monoisotopic (exact) mass is 1840 g/mol. The predicted octanol–water partition coefficient (Wildman–Crippen LogP) is 36.4. The third-order valence-electron chi connectivity index (χ3n) is 30.9. The molecule has 690 valence electrons. The number of para-hydroxylation sites is 2. The van der Waals surface area contributed by atoms with E-state index in [0.29, 0.717) is 0 Å². The SMILES string of the molecule is CC(C)(C)c1cc(-c2cc3c(c4ccccc24)c2ccccc2n3-c2ccc3c(c2)N(c2c(-c4ccccc4)cc(-c4cccc5ccccc45)cc2-c2ccccc2)c2cc(C(C)(C)C)cc4c2B3c2ccc(-n3c5ccccc5c5c6ccccc6c(-c6cc(C(C)(C)C)cc(C(C)(C)C)c6)cc53)cc2N4c2c(-c3ccccc3)cc(-c3cccc4ccccc34)cc2-c2ccccc2)cc(C(C)(C)C)c1. The summed E-state index contributed by atoms with van der Waals surface area (Å²) in [6.45, 7) is 35.2. The molecule has 0 unspecified atom stereocenters. The van der Waals surface area contributed by atoms with Crippen LogP contribution in [0.25, 0.3) is 187 Å². The van der Waals surface area contributed by atoms with Crippen molar-refractivity contribution in [1.82, 2.24) is 9.13 Å². The van der Waals surface area contributed by atoms with Crippen LogP contribution in [0.2, 0.25) is 0 Å². The van der Waals surface area contributed by atoms with Crippen LogP contribution in [-0.4, -0.2) is 15.8 Å². The Kier molecular flexibility index (Phi) is 20.6. The van der Waals surface area contributed by atoms with Crippen molar-refractivity contribution < 1.29 is 0 Å². The highest BCUT2D eigenvalue weighted by Crippen LogP contribution is 2.58. The maximum atomic E-state index is 2.78. The summed E-state index contributed by atoms with van der Waals surface area (Å²) in [4.78, 5) is 5.56. The molecule has 0 atom stereocenters. The second-order valence-electron chi connectivity index (χ2n) is 45.2. The zero-order valence-electron chi connectivity index (χ0n) is 84.3. The third-order valence-corrected chi connectivity index (χ3v) is 30.9. The van der Waals surface area contributed by atoms with Gasteiger partial charge in [-0.25, -0.2) is 0 Å². The van der Waals surface area contributed by atoms with Crippen LogP contribution < -0.4 is 26.2 Å². The highest BCUT2D eigenvalue weighted by Gasteiger charge is 2.47. The summed E-state index contributed by atoms with van der Waals surface area (Å²) in [7, 11) is 0. The molecule has 0 saturated heterocycles. The van der Waals surface area contributed by atoms with Gasteiger partial charge in [0.25, 0.3) is 6.71 Å². The molecule has 0 saturated carbocycles. The van der Waals surface area contributed by atoms with Crippen LogP contribution in [0, 0.1) is 0 Å². The van der Waals surface area contributed by atoms with E-state index in [2.05, 4.69) is 547 Å². The van der Waals surface area contributed by atoms with Gasteiger partial charge in [-0.1, -0.05) is 444 Å². The van der Waals surface area contributed by atoms with E-state index >= 15 is 0 Å². The normalized spacial score (nSPS) is 13.0. The summed E-state index contributed by atoms with van der Waals surface area (Å²) in [5, 5.41) is 14.6. The zero-order chi connectivity index (χ0) is 97.6. The number of nitrogens with zero attached hydrogens (tertiary/aromatic N) is 4. The smallest absolute Gasteiger partial charge is 0.252 e. The van der Waals surface area contributed by atoms with Crippen LogP contribution in [-0.2, 0) is 27.1 Å². The van der Waals surface area contributed by atoms with E-state index in [1.165, 1.54) is 142 Å². The summed E-state index contributed by atoms with van der Waals surface area (Å²) in [6, 6.07) is 164. The van der Waals surface area contributed by atoms with Crippen LogP contribution in [0.15, 0.2) is 425 Å². The summed E-state index contributed by atoms with van der Waals surface area (Å²) in [5.74, 6) is 0.